The fourth-order valence-electron chi connectivity index (χ4n) is 4.42. The van der Waals surface area contributed by atoms with Gasteiger partial charge >= 0.3 is 0 Å². The number of pyridine rings is 1. The third-order valence-electron chi connectivity index (χ3n) is 5.84. The van der Waals surface area contributed by atoms with Crippen LogP contribution in [-0.4, -0.2) is 41.9 Å². The smallest absolute Gasteiger partial charge is 0.225 e. The molecule has 7 heteroatoms. The van der Waals surface area contributed by atoms with Crippen molar-refractivity contribution in [3.05, 3.63) is 77.9 Å². The molecule has 4 heterocycles. The molecular formula is C23H24N6O. The molecule has 1 aliphatic heterocycles. The molecule has 1 unspecified atom stereocenters. The molecule has 1 aliphatic rings. The molecule has 0 saturated carbocycles. The van der Waals surface area contributed by atoms with E-state index in [0.717, 1.165) is 46.7 Å². The lowest BCUT2D eigenvalue weighted by Gasteiger charge is -2.35. The summed E-state index contributed by atoms with van der Waals surface area (Å²) in [5, 5.41) is 0. The largest absolute Gasteiger partial charge is 0.348 e. The number of benzene rings is 1. The Morgan fingerprint density at radius 2 is 2.13 bits per heavy atom. The van der Waals surface area contributed by atoms with Crippen LogP contribution in [0.1, 0.15) is 42.2 Å². The Kier molecular flexibility index (Phi) is 4.78. The number of fused-ring (bicyclic) bond motifs is 2. The fraction of sp³-hybridized carbons (Fsp3) is 0.304. The lowest BCUT2D eigenvalue weighted by atomic mass is 9.96. The summed E-state index contributed by atoms with van der Waals surface area (Å²) in [4.78, 5) is 32.1. The second-order valence-corrected chi connectivity index (χ2v) is 7.56. The monoisotopic (exact) mass is 400 g/mol. The summed E-state index contributed by atoms with van der Waals surface area (Å²) in [5.74, 6) is 1.14. The van der Waals surface area contributed by atoms with Crippen LogP contribution in [0.3, 0.4) is 0 Å². The maximum absolute atomic E-state index is 13.4. The lowest BCUT2D eigenvalue weighted by molar-refractivity contribution is -0.133. The molecule has 1 N–H and O–H groups in total. The quantitative estimate of drug-likeness (QED) is 0.558. The molecule has 7 nitrogen and oxygen atoms in total. The number of aromatic nitrogens is 5. The molecular weight excluding hydrogens is 376 g/mol. The van der Waals surface area contributed by atoms with Crippen molar-refractivity contribution in [1.29, 1.82) is 0 Å². The second kappa shape index (κ2) is 7.74. The van der Waals surface area contributed by atoms with E-state index in [2.05, 4.69) is 32.5 Å². The van der Waals surface area contributed by atoms with E-state index in [1.165, 1.54) is 0 Å². The van der Waals surface area contributed by atoms with Crippen LogP contribution < -0.4 is 0 Å². The Morgan fingerprint density at radius 1 is 1.23 bits per heavy atom. The number of aryl methyl sites for hydroxylation is 2. The van der Waals surface area contributed by atoms with Crippen LogP contribution in [0.2, 0.25) is 0 Å². The highest BCUT2D eigenvalue weighted by Crippen LogP contribution is 2.33. The molecule has 0 bridgehead atoms. The van der Waals surface area contributed by atoms with Crippen LogP contribution in [-0.2, 0) is 24.2 Å². The number of carbonyl (C=O) groups is 1. The van der Waals surface area contributed by atoms with Crippen LogP contribution in [0.25, 0.3) is 11.0 Å². The zero-order valence-electron chi connectivity index (χ0n) is 17.0. The van der Waals surface area contributed by atoms with E-state index in [-0.39, 0.29) is 11.9 Å². The van der Waals surface area contributed by atoms with Gasteiger partial charge in [-0.15, -0.1) is 0 Å². The van der Waals surface area contributed by atoms with Crippen molar-refractivity contribution < 1.29 is 4.79 Å². The summed E-state index contributed by atoms with van der Waals surface area (Å²) >= 11 is 0. The number of imidazole rings is 2. The van der Waals surface area contributed by atoms with Crippen molar-refractivity contribution in [3.8, 4) is 0 Å². The Balaban J connectivity index is 1.42. The first-order valence-electron chi connectivity index (χ1n) is 10.4. The minimum atomic E-state index is -0.202. The molecule has 1 atom stereocenters. The number of H-pyrrole nitrogens is 1. The van der Waals surface area contributed by atoms with Crippen LogP contribution in [0, 0.1) is 0 Å². The SMILES string of the molecule is CCc1nc2ccccc2n1CCC(=O)N1CCc2[nH]cnc2C1c1cccnc1. The van der Waals surface area contributed by atoms with Crippen LogP contribution in [0.15, 0.2) is 55.1 Å². The number of nitrogens with zero attached hydrogens (tertiary/aromatic N) is 5. The molecule has 0 aliphatic carbocycles. The highest BCUT2D eigenvalue weighted by Gasteiger charge is 2.34. The Labute approximate surface area is 174 Å². The first kappa shape index (κ1) is 18.5. The van der Waals surface area contributed by atoms with Gasteiger partial charge in [0.05, 0.1) is 23.1 Å². The van der Waals surface area contributed by atoms with Crippen molar-refractivity contribution in [1.82, 2.24) is 29.4 Å². The molecule has 0 fully saturated rings. The van der Waals surface area contributed by atoms with E-state index in [4.69, 9.17) is 4.98 Å². The third-order valence-corrected chi connectivity index (χ3v) is 5.84. The average Bonchev–Trinajstić information content (AvgIpc) is 3.41. The van der Waals surface area contributed by atoms with E-state index >= 15 is 0 Å². The summed E-state index contributed by atoms with van der Waals surface area (Å²) in [7, 11) is 0. The van der Waals surface area contributed by atoms with E-state index in [1.54, 1.807) is 12.5 Å². The van der Waals surface area contributed by atoms with Gasteiger partial charge in [0.25, 0.3) is 0 Å². The Morgan fingerprint density at radius 3 is 2.97 bits per heavy atom. The number of rotatable bonds is 5. The molecule has 30 heavy (non-hydrogen) atoms. The first-order valence-corrected chi connectivity index (χ1v) is 10.4. The Hall–Kier alpha value is -3.48. The fourth-order valence-corrected chi connectivity index (χ4v) is 4.42. The lowest BCUT2D eigenvalue weighted by Crippen LogP contribution is -2.41. The van der Waals surface area contributed by atoms with E-state index in [0.29, 0.717) is 19.5 Å². The molecule has 1 aromatic carbocycles. The van der Waals surface area contributed by atoms with Gasteiger partial charge in [0, 0.05) is 50.4 Å². The normalized spacial score (nSPS) is 16.0. The summed E-state index contributed by atoms with van der Waals surface area (Å²) in [6, 6.07) is 11.8. The maximum atomic E-state index is 13.4. The number of hydrogen-bond donors (Lipinski definition) is 1. The van der Waals surface area contributed by atoms with Gasteiger partial charge in [0.1, 0.15) is 11.9 Å². The number of hydrogen-bond acceptors (Lipinski definition) is 4. The van der Waals surface area contributed by atoms with Gasteiger partial charge in [-0.3, -0.25) is 9.78 Å². The third kappa shape index (κ3) is 3.16. The maximum Gasteiger partial charge on any atom is 0.225 e. The van der Waals surface area contributed by atoms with E-state index in [9.17, 15) is 4.79 Å². The van der Waals surface area contributed by atoms with E-state index in [1.807, 2.05) is 41.4 Å². The Bertz CT molecular complexity index is 1180. The zero-order valence-corrected chi connectivity index (χ0v) is 17.0. The number of carbonyl (C=O) groups excluding carboxylic acids is 1. The molecule has 152 valence electrons. The molecule has 4 aromatic rings. The number of nitrogens with one attached hydrogen (secondary N) is 1. The molecule has 3 aromatic heterocycles. The summed E-state index contributed by atoms with van der Waals surface area (Å²) in [6.07, 6.45) is 7.33. The summed E-state index contributed by atoms with van der Waals surface area (Å²) < 4.78 is 2.18. The van der Waals surface area contributed by atoms with E-state index < -0.39 is 0 Å². The standard InChI is InChI=1S/C23H24N6O/c1-2-20-27-17-7-3-4-8-19(17)28(20)13-10-21(30)29-12-9-18-22(26-15-25-18)23(29)16-6-5-11-24-14-16/h3-8,11,14-15,23H,2,9-10,12-13H2,1H3,(H,25,26). The minimum absolute atomic E-state index is 0.123. The predicted molar refractivity (Wildman–Crippen MR) is 114 cm³/mol. The topological polar surface area (TPSA) is 79.7 Å². The molecule has 0 saturated heterocycles. The van der Waals surface area contributed by atoms with Crippen molar-refractivity contribution in [3.63, 3.8) is 0 Å². The molecule has 1 amide bonds. The average molecular weight is 400 g/mol. The van der Waals surface area contributed by atoms with Crippen LogP contribution in [0.4, 0.5) is 0 Å². The van der Waals surface area contributed by atoms with Crippen LogP contribution >= 0.6 is 0 Å². The van der Waals surface area contributed by atoms with Crippen molar-refractivity contribution >= 4 is 16.9 Å². The number of para-hydroxylation sites is 2. The molecule has 5 rings (SSSR count). The second-order valence-electron chi connectivity index (χ2n) is 7.56. The zero-order chi connectivity index (χ0) is 20.5. The van der Waals surface area contributed by atoms with Gasteiger partial charge in [-0.2, -0.15) is 0 Å². The first-order chi connectivity index (χ1) is 14.8. The highest BCUT2D eigenvalue weighted by molar-refractivity contribution is 5.79. The van der Waals surface area contributed by atoms with Crippen molar-refractivity contribution in [2.24, 2.45) is 0 Å². The van der Waals surface area contributed by atoms with Gasteiger partial charge in [-0.1, -0.05) is 25.1 Å². The number of amides is 1. The van der Waals surface area contributed by atoms with Gasteiger partial charge in [0.2, 0.25) is 5.91 Å². The van der Waals surface area contributed by atoms with Crippen LogP contribution in [0.5, 0.6) is 0 Å². The van der Waals surface area contributed by atoms with Crippen molar-refractivity contribution in [2.75, 3.05) is 6.54 Å². The summed E-state index contributed by atoms with van der Waals surface area (Å²) in [5.41, 5.74) is 5.07. The molecule has 0 spiro atoms. The number of aromatic amines is 1. The van der Waals surface area contributed by atoms with Gasteiger partial charge < -0.3 is 14.5 Å². The molecule has 0 radical (unpaired) electrons. The van der Waals surface area contributed by atoms with Crippen molar-refractivity contribution in [2.45, 2.75) is 38.8 Å². The summed E-state index contributed by atoms with van der Waals surface area (Å²) in [6.45, 7) is 3.38. The minimum Gasteiger partial charge on any atom is -0.348 e. The highest BCUT2D eigenvalue weighted by atomic mass is 16.2. The van der Waals surface area contributed by atoms with Gasteiger partial charge in [-0.25, -0.2) is 9.97 Å². The van der Waals surface area contributed by atoms with Gasteiger partial charge in [0.15, 0.2) is 0 Å². The predicted octanol–water partition coefficient (Wildman–Crippen LogP) is 3.28. The van der Waals surface area contributed by atoms with Gasteiger partial charge in [-0.05, 0) is 23.8 Å².